The summed E-state index contributed by atoms with van der Waals surface area (Å²) in [7, 11) is 1.97. The first-order chi connectivity index (χ1) is 8.93. The van der Waals surface area contributed by atoms with E-state index >= 15 is 0 Å². The zero-order valence-electron chi connectivity index (χ0n) is 13.2. The van der Waals surface area contributed by atoms with Crippen molar-refractivity contribution in [1.29, 1.82) is 0 Å². The van der Waals surface area contributed by atoms with Crippen LogP contribution in [-0.4, -0.2) is 18.6 Å². The van der Waals surface area contributed by atoms with Gasteiger partial charge in [0.25, 0.3) is 0 Å². The second-order valence-corrected chi connectivity index (χ2v) is 6.07. The smallest absolute Gasteiger partial charge is 0.126 e. The SMILES string of the molecule is CNCc1cc(C)nc(NCC(C(C)C)C(C)C)c1. The van der Waals surface area contributed by atoms with E-state index in [1.165, 1.54) is 5.56 Å². The molecule has 0 unspecified atom stereocenters. The average molecular weight is 263 g/mol. The zero-order chi connectivity index (χ0) is 14.4. The van der Waals surface area contributed by atoms with Crippen LogP contribution in [0.25, 0.3) is 0 Å². The van der Waals surface area contributed by atoms with Crippen molar-refractivity contribution in [2.75, 3.05) is 18.9 Å². The van der Waals surface area contributed by atoms with Gasteiger partial charge in [0.1, 0.15) is 5.82 Å². The maximum atomic E-state index is 4.57. The second-order valence-electron chi connectivity index (χ2n) is 6.07. The molecule has 0 aromatic carbocycles. The summed E-state index contributed by atoms with van der Waals surface area (Å²) in [5.41, 5.74) is 2.35. The molecule has 0 aliphatic carbocycles. The van der Waals surface area contributed by atoms with Gasteiger partial charge in [0.05, 0.1) is 0 Å². The number of anilines is 1. The first-order valence-electron chi connectivity index (χ1n) is 7.30. The Morgan fingerprint density at radius 2 is 1.74 bits per heavy atom. The van der Waals surface area contributed by atoms with E-state index in [0.717, 1.165) is 24.6 Å². The van der Waals surface area contributed by atoms with Gasteiger partial charge in [-0.1, -0.05) is 27.7 Å². The maximum absolute atomic E-state index is 4.57. The van der Waals surface area contributed by atoms with Crippen LogP contribution >= 0.6 is 0 Å². The summed E-state index contributed by atoms with van der Waals surface area (Å²) in [4.78, 5) is 4.57. The van der Waals surface area contributed by atoms with E-state index in [2.05, 4.69) is 55.4 Å². The van der Waals surface area contributed by atoms with E-state index in [4.69, 9.17) is 0 Å². The average Bonchev–Trinajstić information content (AvgIpc) is 2.27. The standard InChI is InChI=1S/C16H29N3/c1-11(2)15(12(3)4)10-18-16-8-14(9-17-6)7-13(5)19-16/h7-8,11-12,15,17H,9-10H2,1-6H3,(H,18,19). The predicted octanol–water partition coefficient (Wildman–Crippen LogP) is 3.45. The number of pyridine rings is 1. The highest BCUT2D eigenvalue weighted by Crippen LogP contribution is 2.21. The minimum atomic E-state index is 0.676. The normalized spacial score (nSPS) is 11.6. The minimum Gasteiger partial charge on any atom is -0.370 e. The maximum Gasteiger partial charge on any atom is 0.126 e. The number of aromatic nitrogens is 1. The highest BCUT2D eigenvalue weighted by Gasteiger charge is 2.17. The highest BCUT2D eigenvalue weighted by atomic mass is 15.0. The van der Waals surface area contributed by atoms with Gasteiger partial charge < -0.3 is 10.6 Å². The lowest BCUT2D eigenvalue weighted by molar-refractivity contribution is 0.304. The zero-order valence-corrected chi connectivity index (χ0v) is 13.2. The fourth-order valence-corrected chi connectivity index (χ4v) is 2.60. The molecule has 0 amide bonds. The molecule has 3 nitrogen and oxygen atoms in total. The third-order valence-corrected chi connectivity index (χ3v) is 3.63. The summed E-state index contributed by atoms with van der Waals surface area (Å²) in [5, 5.41) is 6.69. The van der Waals surface area contributed by atoms with Gasteiger partial charge in [-0.25, -0.2) is 4.98 Å². The lowest BCUT2D eigenvalue weighted by atomic mass is 9.85. The molecule has 2 N–H and O–H groups in total. The van der Waals surface area contributed by atoms with Crippen molar-refractivity contribution >= 4 is 5.82 Å². The molecular weight excluding hydrogens is 234 g/mol. The molecule has 1 aromatic rings. The van der Waals surface area contributed by atoms with Gasteiger partial charge in [0, 0.05) is 18.8 Å². The van der Waals surface area contributed by atoms with E-state index in [9.17, 15) is 0 Å². The Hall–Kier alpha value is -1.09. The number of nitrogens with one attached hydrogen (secondary N) is 2. The van der Waals surface area contributed by atoms with Gasteiger partial charge >= 0.3 is 0 Å². The third kappa shape index (κ3) is 5.19. The predicted molar refractivity (Wildman–Crippen MR) is 83.4 cm³/mol. The van der Waals surface area contributed by atoms with Crippen LogP contribution in [0.5, 0.6) is 0 Å². The molecule has 0 spiro atoms. The van der Waals surface area contributed by atoms with Crippen LogP contribution in [0.4, 0.5) is 5.82 Å². The molecule has 0 saturated carbocycles. The molecule has 0 atom stereocenters. The lowest BCUT2D eigenvalue weighted by Gasteiger charge is -2.25. The molecule has 3 heteroatoms. The molecular formula is C16H29N3. The first kappa shape index (κ1) is 16.0. The van der Waals surface area contributed by atoms with Gasteiger partial charge in [-0.3, -0.25) is 0 Å². The number of hydrogen-bond acceptors (Lipinski definition) is 3. The molecule has 0 bridgehead atoms. The van der Waals surface area contributed by atoms with E-state index in [-0.39, 0.29) is 0 Å². The fourth-order valence-electron chi connectivity index (χ4n) is 2.60. The fraction of sp³-hybridized carbons (Fsp3) is 0.688. The van der Waals surface area contributed by atoms with Crippen LogP contribution in [-0.2, 0) is 6.54 Å². The molecule has 0 radical (unpaired) electrons. The Morgan fingerprint density at radius 3 is 2.26 bits per heavy atom. The lowest BCUT2D eigenvalue weighted by Crippen LogP contribution is -2.25. The molecule has 108 valence electrons. The molecule has 1 aromatic heterocycles. The summed E-state index contributed by atoms with van der Waals surface area (Å²) in [6, 6.07) is 4.27. The van der Waals surface area contributed by atoms with E-state index in [0.29, 0.717) is 17.8 Å². The van der Waals surface area contributed by atoms with E-state index in [1.807, 2.05) is 14.0 Å². The Bertz CT molecular complexity index is 378. The van der Waals surface area contributed by atoms with Crippen LogP contribution in [0.3, 0.4) is 0 Å². The molecule has 1 heterocycles. The van der Waals surface area contributed by atoms with Crippen molar-refractivity contribution in [3.8, 4) is 0 Å². The topological polar surface area (TPSA) is 37.0 Å². The summed E-state index contributed by atoms with van der Waals surface area (Å²) < 4.78 is 0. The highest BCUT2D eigenvalue weighted by molar-refractivity contribution is 5.39. The van der Waals surface area contributed by atoms with E-state index < -0.39 is 0 Å². The van der Waals surface area contributed by atoms with Crippen molar-refractivity contribution in [2.45, 2.75) is 41.2 Å². The van der Waals surface area contributed by atoms with Gasteiger partial charge in [-0.2, -0.15) is 0 Å². The number of aryl methyl sites for hydroxylation is 1. The summed E-state index contributed by atoms with van der Waals surface area (Å²) >= 11 is 0. The van der Waals surface area contributed by atoms with Crippen LogP contribution in [0.15, 0.2) is 12.1 Å². The van der Waals surface area contributed by atoms with Crippen molar-refractivity contribution in [3.05, 3.63) is 23.4 Å². The number of rotatable bonds is 7. The van der Waals surface area contributed by atoms with Crippen LogP contribution in [0, 0.1) is 24.7 Å². The quantitative estimate of drug-likeness (QED) is 0.791. The third-order valence-electron chi connectivity index (χ3n) is 3.63. The van der Waals surface area contributed by atoms with Crippen LogP contribution in [0.2, 0.25) is 0 Å². The Labute approximate surface area is 118 Å². The second kappa shape index (κ2) is 7.49. The van der Waals surface area contributed by atoms with Crippen molar-refractivity contribution in [3.63, 3.8) is 0 Å². The van der Waals surface area contributed by atoms with Crippen LogP contribution < -0.4 is 10.6 Å². The summed E-state index contributed by atoms with van der Waals surface area (Å²) in [6.07, 6.45) is 0. The molecule has 0 aliphatic rings. The van der Waals surface area contributed by atoms with Gasteiger partial charge in [0.2, 0.25) is 0 Å². The van der Waals surface area contributed by atoms with Crippen molar-refractivity contribution in [2.24, 2.45) is 17.8 Å². The molecule has 0 saturated heterocycles. The molecule has 1 rings (SSSR count). The van der Waals surface area contributed by atoms with Gasteiger partial charge in [0.15, 0.2) is 0 Å². The van der Waals surface area contributed by atoms with Gasteiger partial charge in [-0.05, 0) is 49.4 Å². The Morgan fingerprint density at radius 1 is 1.11 bits per heavy atom. The molecule has 19 heavy (non-hydrogen) atoms. The summed E-state index contributed by atoms with van der Waals surface area (Å²) in [6.45, 7) is 13.1. The molecule has 0 aliphatic heterocycles. The van der Waals surface area contributed by atoms with Crippen molar-refractivity contribution < 1.29 is 0 Å². The number of hydrogen-bond donors (Lipinski definition) is 2. The van der Waals surface area contributed by atoms with Crippen LogP contribution in [0.1, 0.15) is 39.0 Å². The Balaban J connectivity index is 2.71. The summed E-state index contributed by atoms with van der Waals surface area (Å²) in [5.74, 6) is 3.05. The first-order valence-corrected chi connectivity index (χ1v) is 7.30. The monoisotopic (exact) mass is 263 g/mol. The van der Waals surface area contributed by atoms with Crippen molar-refractivity contribution in [1.82, 2.24) is 10.3 Å². The minimum absolute atomic E-state index is 0.676. The molecule has 0 fully saturated rings. The van der Waals surface area contributed by atoms with E-state index in [1.54, 1.807) is 0 Å². The largest absolute Gasteiger partial charge is 0.370 e. The Kier molecular flexibility index (Phi) is 6.29. The van der Waals surface area contributed by atoms with Gasteiger partial charge in [-0.15, -0.1) is 0 Å². The number of nitrogens with zero attached hydrogens (tertiary/aromatic N) is 1.